The van der Waals surface area contributed by atoms with Crippen LogP contribution in [0.4, 0.5) is 5.69 Å². The smallest absolute Gasteiger partial charge is 0.224 e. The third kappa shape index (κ3) is 2.20. The number of carbonyl (C=O) groups is 1. The van der Waals surface area contributed by atoms with Gasteiger partial charge >= 0.3 is 0 Å². The molecule has 0 bridgehead atoms. The zero-order chi connectivity index (χ0) is 11.4. The Kier molecular flexibility index (Phi) is 3.16. The van der Waals surface area contributed by atoms with E-state index in [4.69, 9.17) is 5.73 Å². The first-order valence-corrected chi connectivity index (χ1v) is 5.23. The Labute approximate surface area is 93.0 Å². The van der Waals surface area contributed by atoms with Gasteiger partial charge in [-0.3, -0.25) is 9.89 Å². The van der Waals surface area contributed by atoms with Crippen molar-refractivity contribution in [2.75, 3.05) is 11.9 Å². The number of hydrogen-bond acceptors (Lipinski definition) is 3. The van der Waals surface area contributed by atoms with Gasteiger partial charge in [0.05, 0.1) is 17.4 Å². The number of nitrogens with one attached hydrogen (secondary N) is 2. The monoisotopic (exact) mass is 218 g/mol. The van der Waals surface area contributed by atoms with Crippen molar-refractivity contribution < 1.29 is 4.79 Å². The average Bonchev–Trinajstić information content (AvgIpc) is 2.75. The van der Waals surface area contributed by atoms with Gasteiger partial charge in [0.15, 0.2) is 0 Å². The molecule has 1 aromatic heterocycles. The van der Waals surface area contributed by atoms with Crippen molar-refractivity contribution >= 4 is 22.5 Å². The Morgan fingerprint density at radius 2 is 2.38 bits per heavy atom. The van der Waals surface area contributed by atoms with E-state index < -0.39 is 0 Å². The zero-order valence-corrected chi connectivity index (χ0v) is 8.86. The van der Waals surface area contributed by atoms with E-state index in [2.05, 4.69) is 15.5 Å². The summed E-state index contributed by atoms with van der Waals surface area (Å²) in [5.41, 5.74) is 7.05. The molecule has 16 heavy (non-hydrogen) atoms. The average molecular weight is 218 g/mol. The van der Waals surface area contributed by atoms with Crippen molar-refractivity contribution in [3.8, 4) is 0 Å². The molecule has 0 radical (unpaired) electrons. The quantitative estimate of drug-likeness (QED) is 0.721. The number of rotatable bonds is 4. The van der Waals surface area contributed by atoms with Crippen LogP contribution in [0.5, 0.6) is 0 Å². The lowest BCUT2D eigenvalue weighted by molar-refractivity contribution is -0.116. The molecule has 0 saturated carbocycles. The maximum absolute atomic E-state index is 11.5. The highest BCUT2D eigenvalue weighted by atomic mass is 16.1. The van der Waals surface area contributed by atoms with Gasteiger partial charge in [-0.15, -0.1) is 0 Å². The Morgan fingerprint density at radius 1 is 1.50 bits per heavy atom. The van der Waals surface area contributed by atoms with E-state index in [-0.39, 0.29) is 5.91 Å². The highest BCUT2D eigenvalue weighted by molar-refractivity contribution is 6.00. The number of H-pyrrole nitrogens is 1. The van der Waals surface area contributed by atoms with E-state index in [9.17, 15) is 4.79 Å². The minimum absolute atomic E-state index is 0.0147. The van der Waals surface area contributed by atoms with Gasteiger partial charge in [-0.05, 0) is 25.1 Å². The topological polar surface area (TPSA) is 83.8 Å². The number of nitrogens with two attached hydrogens (primary N) is 1. The van der Waals surface area contributed by atoms with Gasteiger partial charge in [0, 0.05) is 11.8 Å². The number of carbonyl (C=O) groups excluding carboxylic acids is 1. The highest BCUT2D eigenvalue weighted by Crippen LogP contribution is 2.20. The van der Waals surface area contributed by atoms with Crippen molar-refractivity contribution in [1.29, 1.82) is 0 Å². The molecule has 4 N–H and O–H groups in total. The van der Waals surface area contributed by atoms with Crippen LogP contribution in [0.25, 0.3) is 10.9 Å². The molecule has 0 saturated heterocycles. The molecule has 0 fully saturated rings. The van der Waals surface area contributed by atoms with Gasteiger partial charge in [-0.2, -0.15) is 5.10 Å². The molecule has 2 aromatic rings. The van der Waals surface area contributed by atoms with Gasteiger partial charge in [-0.25, -0.2) is 0 Å². The standard InChI is InChI=1S/C11H14N4O/c12-6-2-5-11(16)14-9-3-1-4-10-8(9)7-13-15-10/h1,3-4,7H,2,5-6,12H2,(H,13,15)(H,14,16). The molecule has 1 amide bonds. The number of amides is 1. The van der Waals surface area contributed by atoms with Crippen molar-refractivity contribution in [3.63, 3.8) is 0 Å². The summed E-state index contributed by atoms with van der Waals surface area (Å²) in [6.45, 7) is 0.531. The lowest BCUT2D eigenvalue weighted by Gasteiger charge is -2.05. The summed E-state index contributed by atoms with van der Waals surface area (Å²) in [6, 6.07) is 5.65. The summed E-state index contributed by atoms with van der Waals surface area (Å²) in [4.78, 5) is 11.5. The van der Waals surface area contributed by atoms with Gasteiger partial charge in [0.2, 0.25) is 5.91 Å². The first kappa shape index (κ1) is 10.6. The maximum Gasteiger partial charge on any atom is 0.224 e. The molecular formula is C11H14N4O. The fraction of sp³-hybridized carbons (Fsp3) is 0.273. The van der Waals surface area contributed by atoms with Crippen molar-refractivity contribution in [2.24, 2.45) is 5.73 Å². The SMILES string of the molecule is NCCCC(=O)Nc1cccc2[nH]ncc12. The van der Waals surface area contributed by atoms with Gasteiger partial charge < -0.3 is 11.1 Å². The Balaban J connectivity index is 2.14. The van der Waals surface area contributed by atoms with Crippen LogP contribution in [0.1, 0.15) is 12.8 Å². The van der Waals surface area contributed by atoms with E-state index in [0.29, 0.717) is 19.4 Å². The van der Waals surface area contributed by atoms with Crippen LogP contribution >= 0.6 is 0 Å². The van der Waals surface area contributed by atoms with Gasteiger partial charge in [0.25, 0.3) is 0 Å². The summed E-state index contributed by atoms with van der Waals surface area (Å²) in [5, 5.41) is 10.6. The molecule has 2 rings (SSSR count). The zero-order valence-electron chi connectivity index (χ0n) is 8.86. The normalized spacial score (nSPS) is 10.6. The van der Waals surface area contributed by atoms with Gasteiger partial charge in [-0.1, -0.05) is 6.07 Å². The summed E-state index contributed by atoms with van der Waals surface area (Å²) >= 11 is 0. The highest BCUT2D eigenvalue weighted by Gasteiger charge is 2.05. The number of nitrogens with zero attached hydrogens (tertiary/aromatic N) is 1. The number of fused-ring (bicyclic) bond motifs is 1. The molecule has 0 aliphatic carbocycles. The van der Waals surface area contributed by atoms with E-state index in [1.54, 1.807) is 6.20 Å². The minimum atomic E-state index is -0.0147. The third-order valence-corrected chi connectivity index (χ3v) is 2.37. The molecule has 0 unspecified atom stereocenters. The Morgan fingerprint density at radius 3 is 3.19 bits per heavy atom. The largest absolute Gasteiger partial charge is 0.330 e. The fourth-order valence-electron chi connectivity index (χ4n) is 1.55. The van der Waals surface area contributed by atoms with Gasteiger partial charge in [0.1, 0.15) is 0 Å². The molecule has 0 spiro atoms. The molecular weight excluding hydrogens is 204 g/mol. The van der Waals surface area contributed by atoms with E-state index in [1.807, 2.05) is 18.2 Å². The second kappa shape index (κ2) is 4.76. The van der Waals surface area contributed by atoms with Crippen LogP contribution in [0, 0.1) is 0 Å². The number of benzene rings is 1. The minimum Gasteiger partial charge on any atom is -0.330 e. The number of aromatic nitrogens is 2. The van der Waals surface area contributed by atoms with E-state index in [0.717, 1.165) is 16.6 Å². The number of anilines is 1. The Bertz CT molecular complexity index is 491. The molecule has 1 heterocycles. The number of hydrogen-bond donors (Lipinski definition) is 3. The van der Waals surface area contributed by atoms with Crippen molar-refractivity contribution in [3.05, 3.63) is 24.4 Å². The van der Waals surface area contributed by atoms with Crippen LogP contribution in [-0.4, -0.2) is 22.6 Å². The lowest BCUT2D eigenvalue weighted by Crippen LogP contribution is -2.13. The van der Waals surface area contributed by atoms with Crippen molar-refractivity contribution in [2.45, 2.75) is 12.8 Å². The predicted molar refractivity (Wildman–Crippen MR) is 63.0 cm³/mol. The molecule has 1 aromatic carbocycles. The number of aromatic amines is 1. The molecule has 5 heteroatoms. The second-order valence-electron chi connectivity index (χ2n) is 3.58. The van der Waals surface area contributed by atoms with Crippen molar-refractivity contribution in [1.82, 2.24) is 10.2 Å². The van der Waals surface area contributed by atoms with Crippen LogP contribution < -0.4 is 11.1 Å². The molecule has 0 aliphatic rings. The first-order valence-electron chi connectivity index (χ1n) is 5.23. The van der Waals surface area contributed by atoms with E-state index in [1.165, 1.54) is 0 Å². The Hall–Kier alpha value is -1.88. The van der Waals surface area contributed by atoms with Crippen LogP contribution in [0.3, 0.4) is 0 Å². The second-order valence-corrected chi connectivity index (χ2v) is 3.58. The van der Waals surface area contributed by atoms with E-state index >= 15 is 0 Å². The molecule has 0 aliphatic heterocycles. The summed E-state index contributed by atoms with van der Waals surface area (Å²) < 4.78 is 0. The predicted octanol–water partition coefficient (Wildman–Crippen LogP) is 1.24. The molecule has 84 valence electrons. The van der Waals surface area contributed by atoms with Crippen LogP contribution in [-0.2, 0) is 4.79 Å². The summed E-state index contributed by atoms with van der Waals surface area (Å²) in [5.74, 6) is -0.0147. The molecule has 0 atom stereocenters. The first-order chi connectivity index (χ1) is 7.81. The summed E-state index contributed by atoms with van der Waals surface area (Å²) in [7, 11) is 0. The maximum atomic E-state index is 11.5. The lowest BCUT2D eigenvalue weighted by atomic mass is 10.2. The fourth-order valence-corrected chi connectivity index (χ4v) is 1.55. The van der Waals surface area contributed by atoms with Crippen LogP contribution in [0.15, 0.2) is 24.4 Å². The van der Waals surface area contributed by atoms with Crippen LogP contribution in [0.2, 0.25) is 0 Å². The summed E-state index contributed by atoms with van der Waals surface area (Å²) in [6.07, 6.45) is 2.85. The molecule has 5 nitrogen and oxygen atoms in total. The third-order valence-electron chi connectivity index (χ3n) is 2.37.